The summed E-state index contributed by atoms with van der Waals surface area (Å²) in [5.74, 6) is -0.145. The van der Waals surface area contributed by atoms with Gasteiger partial charge in [-0.2, -0.15) is 0 Å². The van der Waals surface area contributed by atoms with Gasteiger partial charge in [0.1, 0.15) is 11.5 Å². The molecule has 0 fully saturated rings. The highest BCUT2D eigenvalue weighted by atomic mass is 16.6. The topological polar surface area (TPSA) is 72.8 Å². The number of phenols is 1. The summed E-state index contributed by atoms with van der Waals surface area (Å²) < 4.78 is 11.3. The van der Waals surface area contributed by atoms with E-state index < -0.39 is 11.6 Å². The molecule has 0 saturated carbocycles. The number of rotatable bonds is 7. The smallest absolute Gasteiger partial charge is 0.350 e. The van der Waals surface area contributed by atoms with Gasteiger partial charge in [-0.15, -0.1) is 0 Å². The molecule has 154 valence electrons. The molecule has 5 heteroatoms. The van der Waals surface area contributed by atoms with Crippen LogP contribution in [-0.4, -0.2) is 28.6 Å². The zero-order chi connectivity index (χ0) is 21.8. The number of phenolic OH excluding ortho intramolecular Hbond substituents is 1. The van der Waals surface area contributed by atoms with Crippen LogP contribution in [0.1, 0.15) is 54.7 Å². The molecular weight excluding hydrogens is 368 g/mol. The summed E-state index contributed by atoms with van der Waals surface area (Å²) in [4.78, 5) is 24.6. The SMILES string of the molecule is Cc1cc(/C=C/C(=O)c2ccccc2O)cc(C)c1OC(C)(C)C(=O)OC(C)C. The lowest BCUT2D eigenvalue weighted by Gasteiger charge is -2.27. The summed E-state index contributed by atoms with van der Waals surface area (Å²) in [5, 5.41) is 9.80. The van der Waals surface area contributed by atoms with Crippen LogP contribution >= 0.6 is 0 Å². The third kappa shape index (κ3) is 5.70. The fourth-order valence-electron chi connectivity index (χ4n) is 2.84. The molecule has 0 spiro atoms. The summed E-state index contributed by atoms with van der Waals surface area (Å²) in [6.07, 6.45) is 2.89. The van der Waals surface area contributed by atoms with Gasteiger partial charge in [-0.05, 0) is 88.6 Å². The van der Waals surface area contributed by atoms with Gasteiger partial charge in [0.25, 0.3) is 0 Å². The van der Waals surface area contributed by atoms with Crippen LogP contribution in [0.3, 0.4) is 0 Å². The Morgan fingerprint density at radius 3 is 2.21 bits per heavy atom. The van der Waals surface area contributed by atoms with Crippen LogP contribution < -0.4 is 4.74 Å². The largest absolute Gasteiger partial charge is 0.507 e. The summed E-state index contributed by atoms with van der Waals surface area (Å²) in [6, 6.07) is 10.2. The van der Waals surface area contributed by atoms with Crippen molar-refractivity contribution in [2.45, 2.75) is 53.2 Å². The summed E-state index contributed by atoms with van der Waals surface area (Å²) in [7, 11) is 0. The second kappa shape index (κ2) is 8.95. The molecule has 0 aromatic heterocycles. The minimum Gasteiger partial charge on any atom is -0.507 e. The van der Waals surface area contributed by atoms with Crippen LogP contribution in [0.2, 0.25) is 0 Å². The van der Waals surface area contributed by atoms with Crippen molar-refractivity contribution in [1.82, 2.24) is 0 Å². The molecule has 0 aliphatic rings. The van der Waals surface area contributed by atoms with E-state index in [4.69, 9.17) is 9.47 Å². The Kier molecular flexibility index (Phi) is 6.85. The van der Waals surface area contributed by atoms with Gasteiger partial charge in [0, 0.05) is 0 Å². The van der Waals surface area contributed by atoms with Crippen LogP contribution in [0.25, 0.3) is 6.08 Å². The number of benzene rings is 2. The number of aromatic hydroxyl groups is 1. The van der Waals surface area contributed by atoms with E-state index in [2.05, 4.69) is 0 Å². The van der Waals surface area contributed by atoms with E-state index in [0.29, 0.717) is 5.75 Å². The van der Waals surface area contributed by atoms with E-state index in [1.165, 1.54) is 12.1 Å². The highest BCUT2D eigenvalue weighted by molar-refractivity contribution is 6.08. The number of hydrogen-bond donors (Lipinski definition) is 1. The zero-order valence-electron chi connectivity index (χ0n) is 17.8. The molecular formula is C24H28O5. The summed E-state index contributed by atoms with van der Waals surface area (Å²) in [6.45, 7) is 10.7. The monoisotopic (exact) mass is 396 g/mol. The maximum absolute atomic E-state index is 12.3. The zero-order valence-corrected chi connectivity index (χ0v) is 17.8. The second-order valence-corrected chi connectivity index (χ2v) is 7.76. The third-order valence-electron chi connectivity index (χ3n) is 4.27. The van der Waals surface area contributed by atoms with Crippen molar-refractivity contribution in [3.8, 4) is 11.5 Å². The minimum atomic E-state index is -1.13. The van der Waals surface area contributed by atoms with Gasteiger partial charge in [0.2, 0.25) is 0 Å². The predicted octanol–water partition coefficient (Wildman–Crippen LogP) is 5.01. The van der Waals surface area contributed by atoms with Gasteiger partial charge in [-0.25, -0.2) is 4.79 Å². The molecule has 0 radical (unpaired) electrons. The summed E-state index contributed by atoms with van der Waals surface area (Å²) in [5.41, 5.74) is 1.62. The first-order chi connectivity index (χ1) is 13.5. The van der Waals surface area contributed by atoms with E-state index in [1.807, 2.05) is 26.0 Å². The number of ether oxygens (including phenoxy) is 2. The van der Waals surface area contributed by atoms with Crippen LogP contribution in [0.15, 0.2) is 42.5 Å². The number of para-hydroxylation sites is 1. The first-order valence-corrected chi connectivity index (χ1v) is 9.53. The average Bonchev–Trinajstić information content (AvgIpc) is 2.62. The number of carbonyl (C=O) groups is 2. The number of carbonyl (C=O) groups excluding carboxylic acids is 2. The lowest BCUT2D eigenvalue weighted by molar-refractivity contribution is -0.163. The maximum Gasteiger partial charge on any atom is 0.350 e. The van der Waals surface area contributed by atoms with E-state index >= 15 is 0 Å². The van der Waals surface area contributed by atoms with Gasteiger partial charge in [-0.3, -0.25) is 4.79 Å². The molecule has 2 aromatic rings. The molecule has 0 heterocycles. The molecule has 29 heavy (non-hydrogen) atoms. The minimum absolute atomic E-state index is 0.0474. The van der Waals surface area contributed by atoms with E-state index in [9.17, 15) is 14.7 Å². The molecule has 0 amide bonds. The molecule has 2 rings (SSSR count). The van der Waals surface area contributed by atoms with Crippen molar-refractivity contribution in [3.05, 3.63) is 64.7 Å². The normalized spacial score (nSPS) is 11.7. The maximum atomic E-state index is 12.3. The predicted molar refractivity (Wildman–Crippen MR) is 113 cm³/mol. The molecule has 0 aliphatic carbocycles. The molecule has 0 atom stereocenters. The van der Waals surface area contributed by atoms with Crippen molar-refractivity contribution in [1.29, 1.82) is 0 Å². The van der Waals surface area contributed by atoms with Gasteiger partial charge >= 0.3 is 5.97 Å². The van der Waals surface area contributed by atoms with Crippen molar-refractivity contribution in [2.24, 2.45) is 0 Å². The van der Waals surface area contributed by atoms with Crippen molar-refractivity contribution < 1.29 is 24.2 Å². The van der Waals surface area contributed by atoms with Crippen LogP contribution in [-0.2, 0) is 9.53 Å². The van der Waals surface area contributed by atoms with Crippen molar-refractivity contribution in [2.75, 3.05) is 0 Å². The summed E-state index contributed by atoms with van der Waals surface area (Å²) >= 11 is 0. The standard InChI is InChI=1S/C24H28O5/c1-15(2)28-23(27)24(5,6)29-22-16(3)13-18(14-17(22)4)11-12-21(26)19-9-7-8-10-20(19)25/h7-15,25H,1-6H3/b12-11+. The quantitative estimate of drug-likeness (QED) is 0.404. The Morgan fingerprint density at radius 2 is 1.66 bits per heavy atom. The van der Waals surface area contributed by atoms with Gasteiger partial charge < -0.3 is 14.6 Å². The van der Waals surface area contributed by atoms with E-state index in [0.717, 1.165) is 16.7 Å². The Labute approximate surface area is 172 Å². The molecule has 1 N–H and O–H groups in total. The molecule has 0 unspecified atom stereocenters. The first kappa shape index (κ1) is 22.2. The number of allylic oxidation sites excluding steroid dienone is 1. The molecule has 0 saturated heterocycles. The molecule has 5 nitrogen and oxygen atoms in total. The van der Waals surface area contributed by atoms with Crippen LogP contribution in [0, 0.1) is 13.8 Å². The Hall–Kier alpha value is -3.08. The third-order valence-corrected chi connectivity index (χ3v) is 4.27. The lowest BCUT2D eigenvalue weighted by Crippen LogP contribution is -2.41. The van der Waals surface area contributed by atoms with Crippen LogP contribution in [0.4, 0.5) is 0 Å². The second-order valence-electron chi connectivity index (χ2n) is 7.76. The number of ketones is 1. The Morgan fingerprint density at radius 1 is 1.07 bits per heavy atom. The highest BCUT2D eigenvalue weighted by Crippen LogP contribution is 2.30. The lowest BCUT2D eigenvalue weighted by atomic mass is 10.0. The van der Waals surface area contributed by atoms with Crippen LogP contribution in [0.5, 0.6) is 11.5 Å². The van der Waals surface area contributed by atoms with E-state index in [1.54, 1.807) is 52.0 Å². The van der Waals surface area contributed by atoms with Crippen molar-refractivity contribution >= 4 is 17.8 Å². The highest BCUT2D eigenvalue weighted by Gasteiger charge is 2.33. The molecule has 2 aromatic carbocycles. The fourth-order valence-corrected chi connectivity index (χ4v) is 2.84. The van der Waals surface area contributed by atoms with Gasteiger partial charge in [0.05, 0.1) is 11.7 Å². The van der Waals surface area contributed by atoms with Gasteiger partial charge in [-0.1, -0.05) is 18.2 Å². The van der Waals surface area contributed by atoms with Gasteiger partial charge in [0.15, 0.2) is 11.4 Å². The number of aryl methyl sites for hydroxylation is 2. The first-order valence-electron chi connectivity index (χ1n) is 9.53. The van der Waals surface area contributed by atoms with Crippen molar-refractivity contribution in [3.63, 3.8) is 0 Å². The molecule has 0 bridgehead atoms. The number of hydrogen-bond acceptors (Lipinski definition) is 5. The molecule has 0 aliphatic heterocycles. The fraction of sp³-hybridized carbons (Fsp3) is 0.333. The Bertz CT molecular complexity index is 915. The average molecular weight is 396 g/mol. The Balaban J connectivity index is 2.22. The van der Waals surface area contributed by atoms with E-state index in [-0.39, 0.29) is 23.2 Å². The number of esters is 1.